The molecule has 0 fully saturated rings. The molecule has 1 atom stereocenters. The highest BCUT2D eigenvalue weighted by Crippen LogP contribution is 2.30. The van der Waals surface area contributed by atoms with Crippen molar-refractivity contribution in [3.63, 3.8) is 0 Å². The number of rotatable bonds is 8. The predicted octanol–water partition coefficient (Wildman–Crippen LogP) is 2.86. The van der Waals surface area contributed by atoms with Crippen LogP contribution in [0.15, 0.2) is 12.1 Å². The van der Waals surface area contributed by atoms with E-state index in [0.29, 0.717) is 22.9 Å². The summed E-state index contributed by atoms with van der Waals surface area (Å²) in [5, 5.41) is 15.0. The van der Waals surface area contributed by atoms with Crippen molar-refractivity contribution in [3.8, 4) is 5.75 Å². The average molecular weight is 365 g/mol. The van der Waals surface area contributed by atoms with Gasteiger partial charge in [0.05, 0.1) is 19.3 Å². The van der Waals surface area contributed by atoms with Gasteiger partial charge >= 0.3 is 5.97 Å². The fourth-order valence-corrected chi connectivity index (χ4v) is 2.10. The summed E-state index contributed by atoms with van der Waals surface area (Å²) >= 11 is 6.00. The van der Waals surface area contributed by atoms with Gasteiger partial charge in [0, 0.05) is 11.1 Å². The lowest BCUT2D eigenvalue weighted by Gasteiger charge is -2.15. The number of carbonyl (C=O) groups excluding carboxylic acids is 1. The van der Waals surface area contributed by atoms with Crippen molar-refractivity contribution >= 4 is 41.6 Å². The van der Waals surface area contributed by atoms with Crippen molar-refractivity contribution in [2.45, 2.75) is 32.7 Å². The second-order valence-corrected chi connectivity index (χ2v) is 5.32. The van der Waals surface area contributed by atoms with E-state index in [-0.39, 0.29) is 24.9 Å². The summed E-state index contributed by atoms with van der Waals surface area (Å²) in [6.07, 6.45) is 1.18. The van der Waals surface area contributed by atoms with Crippen molar-refractivity contribution < 1.29 is 19.4 Å². The van der Waals surface area contributed by atoms with E-state index in [1.165, 1.54) is 7.11 Å². The number of hydrogen-bond acceptors (Lipinski definition) is 4. The van der Waals surface area contributed by atoms with Crippen LogP contribution in [0.25, 0.3) is 0 Å². The number of nitrogens with one attached hydrogen (secondary N) is 2. The zero-order valence-corrected chi connectivity index (χ0v) is 14.9. The SMILES string of the molecule is CCCC(NCC(=O)Nc1cc(C)c(Cl)cc1OC)C(=O)O.Cl. The number of anilines is 1. The van der Waals surface area contributed by atoms with Gasteiger partial charge in [0.2, 0.25) is 5.91 Å². The molecule has 0 heterocycles. The summed E-state index contributed by atoms with van der Waals surface area (Å²) in [5.41, 5.74) is 1.30. The fraction of sp³-hybridized carbons (Fsp3) is 0.467. The summed E-state index contributed by atoms with van der Waals surface area (Å²) in [6, 6.07) is 2.60. The molecule has 6 nitrogen and oxygen atoms in total. The van der Waals surface area contributed by atoms with Crippen molar-refractivity contribution in [1.82, 2.24) is 5.32 Å². The predicted molar refractivity (Wildman–Crippen MR) is 93.0 cm³/mol. The van der Waals surface area contributed by atoms with Gasteiger partial charge in [-0.15, -0.1) is 12.4 Å². The lowest BCUT2D eigenvalue weighted by Crippen LogP contribution is -2.41. The Bertz CT molecular complexity index is 553. The molecule has 0 radical (unpaired) electrons. The number of halogens is 2. The van der Waals surface area contributed by atoms with Crippen molar-refractivity contribution in [3.05, 3.63) is 22.7 Å². The number of carboxylic acids is 1. The molecule has 130 valence electrons. The first kappa shape index (κ1) is 21.5. The molecule has 0 aliphatic carbocycles. The van der Waals surface area contributed by atoms with E-state index in [9.17, 15) is 9.59 Å². The number of amides is 1. The zero-order chi connectivity index (χ0) is 16.7. The Morgan fingerprint density at radius 3 is 2.57 bits per heavy atom. The Kier molecular flexibility index (Phi) is 9.64. The van der Waals surface area contributed by atoms with Crippen LogP contribution >= 0.6 is 24.0 Å². The van der Waals surface area contributed by atoms with E-state index in [1.807, 2.05) is 13.8 Å². The third-order valence-corrected chi connectivity index (χ3v) is 3.55. The Labute approximate surface area is 147 Å². The van der Waals surface area contributed by atoms with Gasteiger partial charge in [-0.3, -0.25) is 14.9 Å². The standard InChI is InChI=1S/C15H21ClN2O4.ClH/c1-4-5-11(15(20)21)17-8-14(19)18-12-6-9(2)10(16)7-13(12)22-3;/h6-7,11,17H,4-5,8H2,1-3H3,(H,18,19)(H,20,21);1H. The molecule has 1 amide bonds. The normalized spacial score (nSPS) is 11.3. The lowest BCUT2D eigenvalue weighted by molar-refractivity contribution is -0.139. The Morgan fingerprint density at radius 1 is 1.39 bits per heavy atom. The third-order valence-electron chi connectivity index (χ3n) is 3.14. The van der Waals surface area contributed by atoms with Gasteiger partial charge in [0.15, 0.2) is 0 Å². The molecule has 0 spiro atoms. The second-order valence-electron chi connectivity index (χ2n) is 4.91. The molecule has 0 aromatic heterocycles. The molecule has 23 heavy (non-hydrogen) atoms. The maximum Gasteiger partial charge on any atom is 0.320 e. The van der Waals surface area contributed by atoms with Gasteiger partial charge in [0.25, 0.3) is 0 Å². The number of hydrogen-bond donors (Lipinski definition) is 3. The largest absolute Gasteiger partial charge is 0.495 e. The Balaban J connectivity index is 0.00000484. The van der Waals surface area contributed by atoms with Gasteiger partial charge in [-0.05, 0) is 25.0 Å². The first-order valence-corrected chi connectivity index (χ1v) is 7.37. The highest BCUT2D eigenvalue weighted by molar-refractivity contribution is 6.31. The topological polar surface area (TPSA) is 87.7 Å². The molecule has 3 N–H and O–H groups in total. The molecular weight excluding hydrogens is 343 g/mol. The van der Waals surface area contributed by atoms with Crippen LogP contribution in [0.4, 0.5) is 5.69 Å². The summed E-state index contributed by atoms with van der Waals surface area (Å²) in [7, 11) is 1.48. The number of methoxy groups -OCH3 is 1. The number of benzene rings is 1. The van der Waals surface area contributed by atoms with E-state index < -0.39 is 12.0 Å². The average Bonchev–Trinajstić information content (AvgIpc) is 2.46. The molecule has 1 aromatic rings. The number of ether oxygens (including phenoxy) is 1. The minimum absolute atomic E-state index is 0. The van der Waals surface area contributed by atoms with Crippen LogP contribution in [0.2, 0.25) is 5.02 Å². The van der Waals surface area contributed by atoms with E-state index in [2.05, 4.69) is 10.6 Å². The maximum atomic E-state index is 12.0. The molecule has 8 heteroatoms. The molecule has 1 rings (SSSR count). The quantitative estimate of drug-likeness (QED) is 0.659. The lowest BCUT2D eigenvalue weighted by atomic mass is 10.1. The molecule has 0 saturated heterocycles. The second kappa shape index (κ2) is 10.3. The molecule has 1 unspecified atom stereocenters. The summed E-state index contributed by atoms with van der Waals surface area (Å²) in [6.45, 7) is 3.61. The molecule has 0 aliphatic heterocycles. The van der Waals surface area contributed by atoms with E-state index >= 15 is 0 Å². The Morgan fingerprint density at radius 2 is 2.04 bits per heavy atom. The molecular formula is C15H22Cl2N2O4. The van der Waals surface area contributed by atoms with Crippen LogP contribution in [-0.2, 0) is 9.59 Å². The van der Waals surface area contributed by atoms with Gasteiger partial charge in [-0.2, -0.15) is 0 Å². The van der Waals surface area contributed by atoms with Gasteiger partial charge in [-0.1, -0.05) is 24.9 Å². The highest BCUT2D eigenvalue weighted by atomic mass is 35.5. The molecule has 0 bridgehead atoms. The van der Waals surface area contributed by atoms with Crippen LogP contribution < -0.4 is 15.4 Å². The monoisotopic (exact) mass is 364 g/mol. The van der Waals surface area contributed by atoms with E-state index in [1.54, 1.807) is 12.1 Å². The number of carbonyl (C=O) groups is 2. The van der Waals surface area contributed by atoms with Crippen molar-refractivity contribution in [1.29, 1.82) is 0 Å². The summed E-state index contributed by atoms with van der Waals surface area (Å²) < 4.78 is 5.17. The number of carboxylic acid groups (broad SMARTS) is 1. The van der Waals surface area contributed by atoms with Gasteiger partial charge in [0.1, 0.15) is 11.8 Å². The minimum atomic E-state index is -0.963. The first-order valence-electron chi connectivity index (χ1n) is 6.99. The maximum absolute atomic E-state index is 12.0. The minimum Gasteiger partial charge on any atom is -0.495 e. The highest BCUT2D eigenvalue weighted by Gasteiger charge is 2.17. The van der Waals surface area contributed by atoms with Crippen LogP contribution in [-0.4, -0.2) is 36.7 Å². The van der Waals surface area contributed by atoms with E-state index in [4.69, 9.17) is 21.4 Å². The fourth-order valence-electron chi connectivity index (χ4n) is 1.94. The van der Waals surface area contributed by atoms with Crippen LogP contribution in [0.3, 0.4) is 0 Å². The van der Waals surface area contributed by atoms with Crippen molar-refractivity contribution in [2.75, 3.05) is 19.0 Å². The molecule has 1 aromatic carbocycles. The smallest absolute Gasteiger partial charge is 0.320 e. The summed E-state index contributed by atoms with van der Waals surface area (Å²) in [4.78, 5) is 23.0. The van der Waals surface area contributed by atoms with Crippen LogP contribution in [0.5, 0.6) is 5.75 Å². The zero-order valence-electron chi connectivity index (χ0n) is 13.3. The number of aliphatic carboxylic acids is 1. The first-order chi connectivity index (χ1) is 10.4. The van der Waals surface area contributed by atoms with E-state index in [0.717, 1.165) is 12.0 Å². The van der Waals surface area contributed by atoms with Crippen LogP contribution in [0.1, 0.15) is 25.3 Å². The van der Waals surface area contributed by atoms with Gasteiger partial charge in [-0.25, -0.2) is 0 Å². The summed E-state index contributed by atoms with van der Waals surface area (Å²) in [5.74, 6) is -0.857. The van der Waals surface area contributed by atoms with Gasteiger partial charge < -0.3 is 15.2 Å². The Hall–Kier alpha value is -1.50. The number of aryl methyl sites for hydroxylation is 1. The molecule has 0 saturated carbocycles. The van der Waals surface area contributed by atoms with Crippen molar-refractivity contribution in [2.24, 2.45) is 0 Å². The molecule has 0 aliphatic rings. The third kappa shape index (κ3) is 6.64. The van der Waals surface area contributed by atoms with Crippen LogP contribution in [0, 0.1) is 6.92 Å².